The number of nitrogens with zero attached hydrogens (tertiary/aromatic N) is 1. The molecule has 0 saturated heterocycles. The van der Waals surface area contributed by atoms with E-state index in [9.17, 15) is 9.59 Å². The number of carboxylic acids is 1. The van der Waals surface area contributed by atoms with Crippen LogP contribution in [0.15, 0.2) is 10.6 Å². The van der Waals surface area contributed by atoms with Gasteiger partial charge in [0.1, 0.15) is 5.76 Å². The van der Waals surface area contributed by atoms with Gasteiger partial charge >= 0.3 is 12.0 Å². The number of amides is 2. The van der Waals surface area contributed by atoms with Crippen molar-refractivity contribution in [3.05, 3.63) is 17.8 Å². The Kier molecular flexibility index (Phi) is 5.80. The van der Waals surface area contributed by atoms with Gasteiger partial charge in [-0.1, -0.05) is 6.92 Å². The highest BCUT2D eigenvalue weighted by molar-refractivity contribution is 5.74. The lowest BCUT2D eigenvalue weighted by molar-refractivity contribution is -0.146. The second kappa shape index (κ2) is 7.37. The lowest BCUT2D eigenvalue weighted by atomic mass is 10.2. The number of hydrogen-bond donors (Lipinski definition) is 4. The highest BCUT2D eigenvalue weighted by Gasteiger charge is 2.12. The number of carbonyl (C=O) groups is 2. The molecule has 2 amide bonds. The third-order valence-corrected chi connectivity index (χ3v) is 2.34. The second-order valence-electron chi connectivity index (χ2n) is 3.83. The molecule has 0 aliphatic rings. The Balaban J connectivity index is 2.19. The highest BCUT2D eigenvalue weighted by Crippen LogP contribution is 2.03. The van der Waals surface area contributed by atoms with Gasteiger partial charge in [-0.15, -0.1) is 0 Å². The number of aryl methyl sites for hydroxylation is 1. The van der Waals surface area contributed by atoms with Crippen LogP contribution >= 0.6 is 0 Å². The predicted molar refractivity (Wildman–Crippen MR) is 64.4 cm³/mol. The summed E-state index contributed by atoms with van der Waals surface area (Å²) in [6, 6.07) is -0.478. The van der Waals surface area contributed by atoms with Crippen molar-refractivity contribution >= 4 is 12.0 Å². The van der Waals surface area contributed by atoms with Crippen molar-refractivity contribution in [3.8, 4) is 0 Å². The lowest BCUT2D eigenvalue weighted by Crippen LogP contribution is -2.37. The van der Waals surface area contributed by atoms with E-state index in [2.05, 4.69) is 15.6 Å². The minimum atomic E-state index is -1.47. The fraction of sp³-hybridized carbons (Fsp3) is 0.545. The Bertz CT molecular complexity index is 432. The van der Waals surface area contributed by atoms with Crippen LogP contribution in [-0.4, -0.2) is 39.8 Å². The monoisotopic (exact) mass is 271 g/mol. The van der Waals surface area contributed by atoms with Crippen LogP contribution in [0.1, 0.15) is 25.0 Å². The van der Waals surface area contributed by atoms with Crippen molar-refractivity contribution in [1.82, 2.24) is 15.6 Å². The Morgan fingerprint density at radius 1 is 1.47 bits per heavy atom. The van der Waals surface area contributed by atoms with Crippen molar-refractivity contribution < 1.29 is 24.2 Å². The molecule has 1 rings (SSSR count). The van der Waals surface area contributed by atoms with E-state index in [0.717, 1.165) is 12.2 Å². The third-order valence-electron chi connectivity index (χ3n) is 2.34. The summed E-state index contributed by atoms with van der Waals surface area (Å²) in [7, 11) is 0. The molecule has 1 aromatic heterocycles. The fourth-order valence-corrected chi connectivity index (χ4v) is 1.26. The predicted octanol–water partition coefficient (Wildman–Crippen LogP) is -0.128. The summed E-state index contributed by atoms with van der Waals surface area (Å²) in [5.74, 6) is -0.173. The molecule has 0 radical (unpaired) electrons. The Morgan fingerprint density at radius 2 is 2.21 bits per heavy atom. The summed E-state index contributed by atoms with van der Waals surface area (Å²) in [6.07, 6.45) is 0.797. The number of aromatic nitrogens is 1. The number of urea groups is 1. The van der Waals surface area contributed by atoms with Crippen molar-refractivity contribution in [3.63, 3.8) is 0 Å². The van der Waals surface area contributed by atoms with Crippen LogP contribution in [0.25, 0.3) is 0 Å². The summed E-state index contributed by atoms with van der Waals surface area (Å²) in [6.45, 7) is 2.14. The number of hydrogen-bond acceptors (Lipinski definition) is 5. The molecule has 1 heterocycles. The molecule has 0 aliphatic heterocycles. The number of carboxylic acid groups (broad SMARTS) is 1. The third kappa shape index (κ3) is 5.38. The first-order valence-electron chi connectivity index (χ1n) is 5.89. The normalized spacial score (nSPS) is 11.9. The van der Waals surface area contributed by atoms with Crippen LogP contribution in [0.5, 0.6) is 0 Å². The average Bonchev–Trinajstić information content (AvgIpc) is 2.84. The van der Waals surface area contributed by atoms with Crippen LogP contribution in [0.2, 0.25) is 0 Å². The molecule has 4 N–H and O–H groups in total. The van der Waals surface area contributed by atoms with Crippen LogP contribution in [0, 0.1) is 0 Å². The van der Waals surface area contributed by atoms with E-state index in [1.54, 1.807) is 6.20 Å². The molecule has 19 heavy (non-hydrogen) atoms. The van der Waals surface area contributed by atoms with Gasteiger partial charge in [0.2, 0.25) is 5.89 Å². The van der Waals surface area contributed by atoms with Gasteiger partial charge < -0.3 is 25.3 Å². The number of nitrogens with one attached hydrogen (secondary N) is 2. The van der Waals surface area contributed by atoms with Crippen LogP contribution in [0.4, 0.5) is 4.79 Å². The number of rotatable bonds is 7. The number of carbonyl (C=O) groups excluding carboxylic acids is 1. The zero-order chi connectivity index (χ0) is 14.3. The first-order valence-corrected chi connectivity index (χ1v) is 5.89. The SMILES string of the molecule is CCc1cnc(CNC(=O)NCC[C@H](O)C(=O)O)o1. The molecule has 0 fully saturated rings. The second-order valence-corrected chi connectivity index (χ2v) is 3.83. The van der Waals surface area contributed by atoms with Gasteiger partial charge in [-0.2, -0.15) is 0 Å². The van der Waals surface area contributed by atoms with E-state index in [1.165, 1.54) is 0 Å². The molecule has 1 atom stereocenters. The first-order chi connectivity index (χ1) is 9.02. The standard InChI is InChI=1S/C11H17N3O5/c1-2-7-5-13-9(19-7)6-14-11(18)12-4-3-8(15)10(16)17/h5,8,15H,2-4,6H2,1H3,(H,16,17)(H2,12,14,18)/t8-/m0/s1. The molecular weight excluding hydrogens is 254 g/mol. The maximum absolute atomic E-state index is 11.3. The number of aliphatic carboxylic acids is 1. The largest absolute Gasteiger partial charge is 0.479 e. The Hall–Kier alpha value is -2.09. The number of aliphatic hydroxyl groups excluding tert-OH is 1. The summed E-state index contributed by atoms with van der Waals surface area (Å²) in [4.78, 5) is 25.6. The summed E-state index contributed by atoms with van der Waals surface area (Å²) >= 11 is 0. The number of oxazole rings is 1. The van der Waals surface area contributed by atoms with E-state index in [0.29, 0.717) is 5.89 Å². The van der Waals surface area contributed by atoms with Crippen LogP contribution in [-0.2, 0) is 17.8 Å². The minimum absolute atomic E-state index is 0.0538. The van der Waals surface area contributed by atoms with E-state index in [-0.39, 0.29) is 19.5 Å². The molecule has 0 aromatic carbocycles. The quantitative estimate of drug-likeness (QED) is 0.547. The maximum Gasteiger partial charge on any atom is 0.332 e. The van der Waals surface area contributed by atoms with Gasteiger partial charge in [-0.05, 0) is 0 Å². The molecule has 106 valence electrons. The summed E-state index contributed by atoms with van der Waals surface area (Å²) in [5.41, 5.74) is 0. The van der Waals surface area contributed by atoms with Gasteiger partial charge in [0.15, 0.2) is 6.10 Å². The molecule has 1 aromatic rings. The summed E-state index contributed by atoms with van der Waals surface area (Å²) < 4.78 is 5.29. The van der Waals surface area contributed by atoms with E-state index in [4.69, 9.17) is 14.6 Å². The molecule has 0 spiro atoms. The van der Waals surface area contributed by atoms with Crippen LogP contribution in [0.3, 0.4) is 0 Å². The number of aliphatic hydroxyl groups is 1. The van der Waals surface area contributed by atoms with E-state index < -0.39 is 18.1 Å². The van der Waals surface area contributed by atoms with Crippen molar-refractivity contribution in [2.75, 3.05) is 6.54 Å². The Morgan fingerprint density at radius 3 is 2.79 bits per heavy atom. The zero-order valence-corrected chi connectivity index (χ0v) is 10.5. The van der Waals surface area contributed by atoms with Gasteiger partial charge in [0.05, 0.1) is 12.7 Å². The molecule has 0 saturated carbocycles. The van der Waals surface area contributed by atoms with Gasteiger partial charge in [0, 0.05) is 19.4 Å². The molecule has 0 bridgehead atoms. The van der Waals surface area contributed by atoms with Crippen LogP contribution < -0.4 is 10.6 Å². The van der Waals surface area contributed by atoms with Gasteiger partial charge in [-0.25, -0.2) is 14.6 Å². The van der Waals surface area contributed by atoms with Crippen molar-refractivity contribution in [2.24, 2.45) is 0 Å². The Labute approximate surface area is 109 Å². The van der Waals surface area contributed by atoms with Crippen molar-refractivity contribution in [2.45, 2.75) is 32.4 Å². The van der Waals surface area contributed by atoms with Gasteiger partial charge in [0.25, 0.3) is 0 Å². The van der Waals surface area contributed by atoms with Gasteiger partial charge in [-0.3, -0.25) is 0 Å². The van der Waals surface area contributed by atoms with E-state index in [1.807, 2.05) is 6.92 Å². The minimum Gasteiger partial charge on any atom is -0.479 e. The molecule has 0 aliphatic carbocycles. The van der Waals surface area contributed by atoms with E-state index >= 15 is 0 Å². The maximum atomic E-state index is 11.3. The fourth-order valence-electron chi connectivity index (χ4n) is 1.26. The highest BCUT2D eigenvalue weighted by atomic mass is 16.4. The molecule has 8 heteroatoms. The molecule has 0 unspecified atom stereocenters. The smallest absolute Gasteiger partial charge is 0.332 e. The zero-order valence-electron chi connectivity index (χ0n) is 10.5. The lowest BCUT2D eigenvalue weighted by Gasteiger charge is -2.07. The topological polar surface area (TPSA) is 125 Å². The average molecular weight is 271 g/mol. The van der Waals surface area contributed by atoms with Crippen molar-refractivity contribution in [1.29, 1.82) is 0 Å². The molecule has 8 nitrogen and oxygen atoms in total. The molecular formula is C11H17N3O5. The summed E-state index contributed by atoms with van der Waals surface area (Å²) in [5, 5.41) is 22.3. The first kappa shape index (κ1) is 15.0.